The van der Waals surface area contributed by atoms with Gasteiger partial charge < -0.3 is 15.2 Å². The van der Waals surface area contributed by atoms with Gasteiger partial charge in [-0.2, -0.15) is 5.10 Å². The van der Waals surface area contributed by atoms with Crippen LogP contribution in [0.2, 0.25) is 0 Å². The van der Waals surface area contributed by atoms with E-state index in [0.717, 1.165) is 11.3 Å². The van der Waals surface area contributed by atoms with E-state index in [1.54, 1.807) is 22.8 Å². The minimum atomic E-state index is -0.225. The minimum Gasteiger partial charge on any atom is -0.506 e. The number of aromatic amines is 1. The third-order valence-corrected chi connectivity index (χ3v) is 4.23. The number of hydrogen-bond donors (Lipinski definition) is 3. The summed E-state index contributed by atoms with van der Waals surface area (Å²) >= 11 is 5.29. The molecule has 0 fully saturated rings. The van der Waals surface area contributed by atoms with E-state index in [2.05, 4.69) is 15.5 Å². The van der Waals surface area contributed by atoms with E-state index in [0.29, 0.717) is 29.4 Å². The van der Waals surface area contributed by atoms with Gasteiger partial charge in [0.05, 0.1) is 12.3 Å². The van der Waals surface area contributed by atoms with Crippen LogP contribution in [0.1, 0.15) is 13.3 Å². The second-order valence-electron chi connectivity index (χ2n) is 5.78. The number of nitrogens with zero attached hydrogens (tertiary/aromatic N) is 2. The van der Waals surface area contributed by atoms with E-state index in [1.807, 2.05) is 31.2 Å². The van der Waals surface area contributed by atoms with Crippen molar-refractivity contribution in [2.24, 2.45) is 0 Å². The average molecular weight is 384 g/mol. The highest BCUT2D eigenvalue weighted by atomic mass is 32.1. The maximum atomic E-state index is 12.2. The Kier molecular flexibility index (Phi) is 5.87. The van der Waals surface area contributed by atoms with Gasteiger partial charge in [-0.1, -0.05) is 12.1 Å². The molecule has 27 heavy (non-hydrogen) atoms. The van der Waals surface area contributed by atoms with E-state index < -0.39 is 0 Å². The van der Waals surface area contributed by atoms with Gasteiger partial charge in [-0.05, 0) is 55.5 Å². The largest absolute Gasteiger partial charge is 0.506 e. The van der Waals surface area contributed by atoms with Gasteiger partial charge in [-0.15, -0.1) is 0 Å². The van der Waals surface area contributed by atoms with E-state index in [1.165, 1.54) is 6.07 Å². The van der Waals surface area contributed by atoms with Gasteiger partial charge in [0.25, 0.3) is 0 Å². The third-order valence-electron chi connectivity index (χ3n) is 3.92. The number of anilines is 1. The molecule has 1 heterocycles. The van der Waals surface area contributed by atoms with E-state index in [4.69, 9.17) is 17.0 Å². The summed E-state index contributed by atoms with van der Waals surface area (Å²) in [7, 11) is 0. The Labute approximate surface area is 161 Å². The smallest absolute Gasteiger partial charge is 0.226 e. The molecular formula is C19H20N4O3S. The fraction of sp³-hybridized carbons (Fsp3) is 0.211. The highest BCUT2D eigenvalue weighted by Gasteiger charge is 2.12. The molecule has 0 spiro atoms. The zero-order valence-electron chi connectivity index (χ0n) is 14.8. The van der Waals surface area contributed by atoms with Crippen LogP contribution in [-0.4, -0.2) is 32.4 Å². The number of para-hydroxylation sites is 2. The molecule has 8 heteroatoms. The molecule has 3 rings (SSSR count). The molecule has 0 aliphatic rings. The number of phenols is 1. The third kappa shape index (κ3) is 4.53. The molecular weight excluding hydrogens is 364 g/mol. The van der Waals surface area contributed by atoms with Gasteiger partial charge in [0, 0.05) is 18.5 Å². The topological polar surface area (TPSA) is 92.2 Å². The van der Waals surface area contributed by atoms with Crippen LogP contribution in [0.15, 0.2) is 48.5 Å². The molecule has 3 aromatic rings. The summed E-state index contributed by atoms with van der Waals surface area (Å²) in [6, 6.07) is 14.1. The van der Waals surface area contributed by atoms with Crippen LogP contribution in [-0.2, 0) is 11.3 Å². The number of carbonyl (C=O) groups is 1. The summed E-state index contributed by atoms with van der Waals surface area (Å²) in [5.41, 5.74) is 1.25. The highest BCUT2D eigenvalue weighted by molar-refractivity contribution is 7.71. The fourth-order valence-electron chi connectivity index (χ4n) is 2.62. The SMILES string of the molecule is CCOc1ccc(-c2n[nH]c(=S)n2CCC(=O)Nc2ccccc2O)cc1. The van der Waals surface area contributed by atoms with Crippen molar-refractivity contribution in [1.82, 2.24) is 14.8 Å². The number of hydrogen-bond acceptors (Lipinski definition) is 5. The van der Waals surface area contributed by atoms with Gasteiger partial charge in [0.15, 0.2) is 10.6 Å². The van der Waals surface area contributed by atoms with Crippen LogP contribution in [0.5, 0.6) is 11.5 Å². The predicted molar refractivity (Wildman–Crippen MR) is 105 cm³/mol. The number of nitrogens with one attached hydrogen (secondary N) is 2. The predicted octanol–water partition coefficient (Wildman–Crippen LogP) is 3.74. The van der Waals surface area contributed by atoms with Gasteiger partial charge in [0.1, 0.15) is 11.5 Å². The summed E-state index contributed by atoms with van der Waals surface area (Å²) in [6.07, 6.45) is 0.187. The maximum Gasteiger partial charge on any atom is 0.226 e. The molecule has 0 atom stereocenters. The number of rotatable bonds is 7. The van der Waals surface area contributed by atoms with Crippen LogP contribution in [0.25, 0.3) is 11.4 Å². The molecule has 0 unspecified atom stereocenters. The van der Waals surface area contributed by atoms with Crippen LogP contribution in [0, 0.1) is 4.77 Å². The number of aromatic hydroxyl groups is 1. The van der Waals surface area contributed by atoms with Crippen molar-refractivity contribution in [3.8, 4) is 22.9 Å². The maximum absolute atomic E-state index is 12.2. The van der Waals surface area contributed by atoms with Gasteiger partial charge in [-0.3, -0.25) is 14.5 Å². The standard InChI is InChI=1S/C19H20N4O3S/c1-2-26-14-9-7-13(8-10-14)18-21-22-19(27)23(18)12-11-17(25)20-15-5-3-4-6-16(15)24/h3-10,24H,2,11-12H2,1H3,(H,20,25)(H,22,27). The normalized spacial score (nSPS) is 10.6. The molecule has 0 saturated carbocycles. The van der Waals surface area contributed by atoms with Gasteiger partial charge in [-0.25, -0.2) is 0 Å². The number of ether oxygens (including phenoxy) is 1. The zero-order chi connectivity index (χ0) is 19.2. The first-order chi connectivity index (χ1) is 13.1. The lowest BCUT2D eigenvalue weighted by Crippen LogP contribution is -2.15. The first-order valence-corrected chi connectivity index (χ1v) is 8.95. The molecule has 0 saturated heterocycles. The Morgan fingerprint density at radius 2 is 2.00 bits per heavy atom. The van der Waals surface area contributed by atoms with Crippen molar-refractivity contribution in [2.45, 2.75) is 19.9 Å². The van der Waals surface area contributed by atoms with Crippen LogP contribution < -0.4 is 10.1 Å². The van der Waals surface area contributed by atoms with Crippen LogP contribution in [0.3, 0.4) is 0 Å². The zero-order valence-corrected chi connectivity index (χ0v) is 15.6. The summed E-state index contributed by atoms with van der Waals surface area (Å²) in [5.74, 6) is 1.24. The van der Waals surface area contributed by atoms with Crippen molar-refractivity contribution in [1.29, 1.82) is 0 Å². The minimum absolute atomic E-state index is 0.0286. The Bertz CT molecular complexity index is 979. The lowest BCUT2D eigenvalue weighted by atomic mass is 10.2. The quantitative estimate of drug-likeness (QED) is 0.426. The molecule has 2 aromatic carbocycles. The lowest BCUT2D eigenvalue weighted by molar-refractivity contribution is -0.116. The average Bonchev–Trinajstić information content (AvgIpc) is 3.03. The Morgan fingerprint density at radius 1 is 1.26 bits per heavy atom. The summed E-state index contributed by atoms with van der Waals surface area (Å²) in [6.45, 7) is 2.89. The van der Waals surface area contributed by atoms with Crippen molar-refractivity contribution < 1.29 is 14.6 Å². The number of benzene rings is 2. The Balaban J connectivity index is 1.70. The molecule has 0 bridgehead atoms. The van der Waals surface area contributed by atoms with Crippen molar-refractivity contribution in [3.05, 3.63) is 53.3 Å². The molecule has 3 N–H and O–H groups in total. The van der Waals surface area contributed by atoms with Crippen LogP contribution >= 0.6 is 12.2 Å². The molecule has 1 amide bonds. The number of H-pyrrole nitrogens is 1. The second-order valence-corrected chi connectivity index (χ2v) is 6.16. The van der Waals surface area contributed by atoms with Gasteiger partial charge >= 0.3 is 0 Å². The molecule has 140 valence electrons. The molecule has 7 nitrogen and oxygen atoms in total. The van der Waals surface area contributed by atoms with E-state index in [9.17, 15) is 9.90 Å². The van der Waals surface area contributed by atoms with Gasteiger partial charge in [0.2, 0.25) is 5.91 Å². The summed E-state index contributed by atoms with van der Waals surface area (Å²) in [4.78, 5) is 12.2. The highest BCUT2D eigenvalue weighted by Crippen LogP contribution is 2.23. The first-order valence-electron chi connectivity index (χ1n) is 8.54. The number of aromatic nitrogens is 3. The Morgan fingerprint density at radius 3 is 2.70 bits per heavy atom. The van der Waals surface area contributed by atoms with E-state index >= 15 is 0 Å². The lowest BCUT2D eigenvalue weighted by Gasteiger charge is -2.09. The number of amides is 1. The van der Waals surface area contributed by atoms with Crippen LogP contribution in [0.4, 0.5) is 5.69 Å². The summed E-state index contributed by atoms with van der Waals surface area (Å²) < 4.78 is 7.66. The second kappa shape index (κ2) is 8.50. The molecule has 0 aliphatic carbocycles. The monoisotopic (exact) mass is 384 g/mol. The van der Waals surface area contributed by atoms with Crippen molar-refractivity contribution in [2.75, 3.05) is 11.9 Å². The molecule has 1 aromatic heterocycles. The Hall–Kier alpha value is -3.13. The molecule has 0 radical (unpaired) electrons. The summed E-state index contributed by atoms with van der Waals surface area (Å²) in [5, 5.41) is 19.5. The number of phenolic OH excluding ortho intramolecular Hbond substituents is 1. The molecule has 0 aliphatic heterocycles. The fourth-order valence-corrected chi connectivity index (χ4v) is 2.84. The van der Waals surface area contributed by atoms with E-state index in [-0.39, 0.29) is 18.1 Å². The van der Waals surface area contributed by atoms with Crippen molar-refractivity contribution >= 4 is 23.8 Å². The number of carbonyl (C=O) groups excluding carboxylic acids is 1. The first kappa shape index (κ1) is 18.7. The van der Waals surface area contributed by atoms with Crippen molar-refractivity contribution in [3.63, 3.8) is 0 Å².